The molecule has 0 radical (unpaired) electrons. The number of para-hydroxylation sites is 2. The van der Waals surface area contributed by atoms with Crippen molar-refractivity contribution in [3.8, 4) is 0 Å². The number of nitro groups is 1. The lowest BCUT2D eigenvalue weighted by Gasteiger charge is -2.31. The van der Waals surface area contributed by atoms with Crippen molar-refractivity contribution in [2.75, 3.05) is 11.3 Å². The number of sulfonamides is 1. The minimum atomic E-state index is -4.30. The first-order chi connectivity index (χ1) is 14.9. The van der Waals surface area contributed by atoms with Crippen LogP contribution in [-0.4, -0.2) is 47.7 Å². The molecule has 1 unspecified atom stereocenters. The summed E-state index contributed by atoms with van der Waals surface area (Å²) >= 11 is 0. The highest BCUT2D eigenvalue weighted by molar-refractivity contribution is 7.92. The number of nitro benzene ring substituents is 1. The van der Waals surface area contributed by atoms with E-state index < -0.39 is 43.3 Å². The Morgan fingerprint density at radius 3 is 2.38 bits per heavy atom. The molecule has 0 spiro atoms. The van der Waals surface area contributed by atoms with Gasteiger partial charge in [0.1, 0.15) is 5.60 Å². The number of hydrogen-bond donors (Lipinski definition) is 2. The quantitative estimate of drug-likeness (QED) is 0.449. The van der Waals surface area contributed by atoms with E-state index in [2.05, 4.69) is 4.72 Å². The number of aliphatic hydroxyl groups excluding tert-OH is 1. The molecule has 0 bridgehead atoms. The molecule has 11 heteroatoms. The molecule has 174 valence electrons. The molecule has 0 aliphatic heterocycles. The first-order valence-electron chi connectivity index (χ1n) is 9.80. The predicted octanol–water partition coefficient (Wildman–Crippen LogP) is 3.51. The average Bonchev–Trinajstić information content (AvgIpc) is 2.71. The maximum absolute atomic E-state index is 12.9. The highest BCUT2D eigenvalue weighted by Gasteiger charge is 2.29. The number of ether oxygens (including phenoxy) is 1. The topological polar surface area (TPSA) is 139 Å². The smallest absolute Gasteiger partial charge is 0.410 e. The van der Waals surface area contributed by atoms with Crippen molar-refractivity contribution in [3.63, 3.8) is 0 Å². The molecule has 0 heterocycles. The second-order valence-electron chi connectivity index (χ2n) is 8.13. The van der Waals surface area contributed by atoms with Crippen molar-refractivity contribution in [1.82, 2.24) is 4.90 Å². The fraction of sp³-hybridized carbons (Fsp3) is 0.381. The van der Waals surface area contributed by atoms with Crippen LogP contribution in [0, 0.1) is 10.1 Å². The zero-order chi connectivity index (χ0) is 24.1. The monoisotopic (exact) mass is 465 g/mol. The maximum atomic E-state index is 12.9. The molecule has 0 aliphatic carbocycles. The third-order valence-electron chi connectivity index (χ3n) is 4.38. The molecule has 32 heavy (non-hydrogen) atoms. The van der Waals surface area contributed by atoms with Gasteiger partial charge in [-0.05, 0) is 45.4 Å². The second-order valence-corrected chi connectivity index (χ2v) is 9.78. The third kappa shape index (κ3) is 6.41. The molecule has 2 rings (SSSR count). The Labute approximate surface area is 187 Å². The van der Waals surface area contributed by atoms with Gasteiger partial charge in [0.25, 0.3) is 15.7 Å². The standard InChI is InChI=1S/C21H27N3O7S/c1-15(14-25)23(20(26)31-21(2,3)4)13-16-9-5-6-10-17(16)22-32(29,30)19-12-8-7-11-18(19)24(27)28/h5-12,15,22,25H,13-14H2,1-4H3. The Balaban J connectivity index is 2.40. The third-order valence-corrected chi connectivity index (χ3v) is 5.79. The van der Waals surface area contributed by atoms with Gasteiger partial charge in [-0.1, -0.05) is 30.3 Å². The number of nitrogens with one attached hydrogen (secondary N) is 1. The summed E-state index contributed by atoms with van der Waals surface area (Å²) in [6.07, 6.45) is -0.671. The molecule has 0 saturated heterocycles. The first-order valence-corrected chi connectivity index (χ1v) is 11.3. The van der Waals surface area contributed by atoms with Crippen LogP contribution in [0.4, 0.5) is 16.2 Å². The average molecular weight is 466 g/mol. The number of rotatable bonds is 8. The zero-order valence-corrected chi connectivity index (χ0v) is 19.1. The minimum absolute atomic E-state index is 0.0633. The summed E-state index contributed by atoms with van der Waals surface area (Å²) in [4.78, 5) is 24.0. The Morgan fingerprint density at radius 2 is 1.78 bits per heavy atom. The molecule has 0 aliphatic rings. The molecule has 2 aromatic rings. The molecular weight excluding hydrogens is 438 g/mol. The lowest BCUT2D eigenvalue weighted by atomic mass is 10.1. The number of benzene rings is 2. The molecular formula is C21H27N3O7S. The molecule has 0 saturated carbocycles. The van der Waals surface area contributed by atoms with Crippen LogP contribution >= 0.6 is 0 Å². The normalized spacial score (nSPS) is 12.7. The zero-order valence-electron chi connectivity index (χ0n) is 18.3. The van der Waals surface area contributed by atoms with Gasteiger partial charge in [0.15, 0.2) is 4.90 Å². The number of amides is 1. The van der Waals surface area contributed by atoms with E-state index in [-0.39, 0.29) is 18.8 Å². The molecule has 10 nitrogen and oxygen atoms in total. The van der Waals surface area contributed by atoms with Crippen molar-refractivity contribution in [2.24, 2.45) is 0 Å². The van der Waals surface area contributed by atoms with E-state index in [0.717, 1.165) is 12.1 Å². The fourth-order valence-corrected chi connectivity index (χ4v) is 4.07. The lowest BCUT2D eigenvalue weighted by Crippen LogP contribution is -2.43. The van der Waals surface area contributed by atoms with E-state index in [0.29, 0.717) is 5.56 Å². The van der Waals surface area contributed by atoms with Crippen molar-refractivity contribution >= 4 is 27.5 Å². The van der Waals surface area contributed by atoms with Crippen LogP contribution in [0.3, 0.4) is 0 Å². The van der Waals surface area contributed by atoms with E-state index >= 15 is 0 Å². The Bertz CT molecular complexity index is 1080. The van der Waals surface area contributed by atoms with Gasteiger partial charge in [-0.25, -0.2) is 13.2 Å². The summed E-state index contributed by atoms with van der Waals surface area (Å²) in [5.74, 6) is 0. The Kier molecular flexibility index (Phi) is 7.81. The van der Waals surface area contributed by atoms with E-state index in [1.54, 1.807) is 45.9 Å². The lowest BCUT2D eigenvalue weighted by molar-refractivity contribution is -0.387. The van der Waals surface area contributed by atoms with Gasteiger partial charge in [-0.2, -0.15) is 0 Å². The molecule has 0 fully saturated rings. The van der Waals surface area contributed by atoms with Crippen LogP contribution in [-0.2, 0) is 21.3 Å². The highest BCUT2D eigenvalue weighted by atomic mass is 32.2. The van der Waals surface area contributed by atoms with Crippen LogP contribution in [0.1, 0.15) is 33.3 Å². The molecule has 0 aromatic heterocycles. The summed E-state index contributed by atoms with van der Waals surface area (Å²) in [6.45, 7) is 6.37. The molecule has 2 aromatic carbocycles. The van der Waals surface area contributed by atoms with Crippen molar-refractivity contribution in [1.29, 1.82) is 0 Å². The van der Waals surface area contributed by atoms with E-state index in [4.69, 9.17) is 4.74 Å². The van der Waals surface area contributed by atoms with Gasteiger partial charge in [-0.3, -0.25) is 19.7 Å². The SMILES string of the molecule is CC(CO)N(Cc1ccccc1NS(=O)(=O)c1ccccc1[N+](=O)[O-])C(=O)OC(C)(C)C. The van der Waals surface area contributed by atoms with Crippen LogP contribution < -0.4 is 4.72 Å². The molecule has 1 amide bonds. The van der Waals surface area contributed by atoms with Crippen LogP contribution in [0.5, 0.6) is 0 Å². The van der Waals surface area contributed by atoms with E-state index in [9.17, 15) is 28.4 Å². The van der Waals surface area contributed by atoms with Crippen LogP contribution in [0.2, 0.25) is 0 Å². The summed E-state index contributed by atoms with van der Waals surface area (Å²) in [5, 5.41) is 20.9. The number of aliphatic hydroxyl groups is 1. The van der Waals surface area contributed by atoms with Gasteiger partial charge in [0.2, 0.25) is 0 Å². The second kappa shape index (κ2) is 9.96. The van der Waals surface area contributed by atoms with Gasteiger partial charge in [0.05, 0.1) is 29.8 Å². The molecule has 1 atom stereocenters. The van der Waals surface area contributed by atoms with Gasteiger partial charge in [-0.15, -0.1) is 0 Å². The van der Waals surface area contributed by atoms with E-state index in [1.165, 1.54) is 23.1 Å². The summed E-state index contributed by atoms with van der Waals surface area (Å²) in [5.41, 5.74) is -0.760. The van der Waals surface area contributed by atoms with Gasteiger partial charge < -0.3 is 9.84 Å². The summed E-state index contributed by atoms with van der Waals surface area (Å²) in [7, 11) is -4.30. The fourth-order valence-electron chi connectivity index (χ4n) is 2.80. The number of hydrogen-bond acceptors (Lipinski definition) is 7. The predicted molar refractivity (Wildman–Crippen MR) is 119 cm³/mol. The van der Waals surface area contributed by atoms with Gasteiger partial charge >= 0.3 is 6.09 Å². The number of nitrogens with zero attached hydrogens (tertiary/aromatic N) is 2. The Hall–Kier alpha value is -3.18. The van der Waals surface area contributed by atoms with E-state index in [1.807, 2.05) is 0 Å². The van der Waals surface area contributed by atoms with Crippen LogP contribution in [0.15, 0.2) is 53.4 Å². The van der Waals surface area contributed by atoms with Crippen molar-refractivity contribution in [2.45, 2.75) is 50.8 Å². The summed E-state index contributed by atoms with van der Waals surface area (Å²) < 4.78 is 33.6. The van der Waals surface area contributed by atoms with Crippen LogP contribution in [0.25, 0.3) is 0 Å². The number of carbonyl (C=O) groups excluding carboxylic acids is 1. The minimum Gasteiger partial charge on any atom is -0.444 e. The number of carbonyl (C=O) groups is 1. The van der Waals surface area contributed by atoms with Gasteiger partial charge in [0, 0.05) is 6.07 Å². The summed E-state index contributed by atoms with van der Waals surface area (Å²) in [6, 6.07) is 10.8. The highest BCUT2D eigenvalue weighted by Crippen LogP contribution is 2.27. The van der Waals surface area contributed by atoms with Crippen molar-refractivity contribution in [3.05, 3.63) is 64.2 Å². The molecule has 2 N–H and O–H groups in total. The number of anilines is 1. The largest absolute Gasteiger partial charge is 0.444 e. The Morgan fingerprint density at radius 1 is 1.19 bits per heavy atom. The first kappa shape index (κ1) is 25.1. The maximum Gasteiger partial charge on any atom is 0.410 e. The van der Waals surface area contributed by atoms with Crippen molar-refractivity contribution < 1.29 is 28.0 Å².